The van der Waals surface area contributed by atoms with Crippen LogP contribution in [0.15, 0.2) is 74.2 Å². The van der Waals surface area contributed by atoms with E-state index >= 15 is 0 Å². The van der Waals surface area contributed by atoms with Crippen molar-refractivity contribution in [3.05, 3.63) is 54.6 Å². The van der Waals surface area contributed by atoms with Crippen LogP contribution in [0, 0.1) is 5.41 Å². The van der Waals surface area contributed by atoms with Crippen molar-refractivity contribution in [3.63, 3.8) is 0 Å². The summed E-state index contributed by atoms with van der Waals surface area (Å²) >= 11 is 0. The van der Waals surface area contributed by atoms with Gasteiger partial charge in [0.1, 0.15) is 19.6 Å². The van der Waals surface area contributed by atoms with E-state index in [1.165, 1.54) is 38.5 Å². The number of ether oxygens (including phenoxy) is 2. The number of methoxy groups -OCH3 is 2. The Labute approximate surface area is 267 Å². The van der Waals surface area contributed by atoms with Gasteiger partial charge in [0, 0.05) is 28.2 Å². The summed E-state index contributed by atoms with van der Waals surface area (Å²) in [6.45, 7) is 0. The van der Waals surface area contributed by atoms with E-state index in [2.05, 4.69) is 9.97 Å². The Morgan fingerprint density at radius 2 is 0.957 bits per heavy atom. The van der Waals surface area contributed by atoms with Crippen LogP contribution in [0.2, 0.25) is 0 Å². The van der Waals surface area contributed by atoms with Crippen molar-refractivity contribution in [1.29, 1.82) is 5.41 Å². The normalized spacial score (nSPS) is 12.6. The second-order valence-electron chi connectivity index (χ2n) is 9.23. The van der Waals surface area contributed by atoms with Gasteiger partial charge in [0.25, 0.3) is 32.0 Å². The Bertz CT molecular complexity index is 2050. The molecule has 3 aromatic rings. The van der Waals surface area contributed by atoms with E-state index < -0.39 is 71.6 Å². The molecule has 0 amide bonds. The number of nitrogens with zero attached hydrogens (tertiary/aromatic N) is 6. The number of benzene rings is 2. The first kappa shape index (κ1) is 36.5. The highest BCUT2D eigenvalue weighted by molar-refractivity contribution is 7.95. The van der Waals surface area contributed by atoms with Crippen molar-refractivity contribution in [2.24, 2.45) is 0 Å². The lowest BCUT2D eigenvalue weighted by molar-refractivity contribution is 0.0132. The molecule has 0 saturated heterocycles. The number of guanidine groups is 1. The number of anilines is 1. The largest absolute Gasteiger partial charge is 0.481 e. The molecule has 0 saturated carbocycles. The summed E-state index contributed by atoms with van der Waals surface area (Å²) in [7, 11) is -11.7. The van der Waals surface area contributed by atoms with Gasteiger partial charge in [-0.15, -0.1) is 4.47 Å². The number of hydrogen-bond donors (Lipinski definition) is 1. The minimum absolute atomic E-state index is 0.0217. The number of sulfonamides is 4. The minimum Gasteiger partial charge on any atom is -0.481 e. The molecular weight excluding hydrogens is 691 g/mol. The van der Waals surface area contributed by atoms with Gasteiger partial charge in [-0.2, -0.15) is 22.7 Å². The second kappa shape index (κ2) is 13.4. The lowest BCUT2D eigenvalue weighted by atomic mass is 10.4. The monoisotopic (exact) mass is 721 g/mol. The molecule has 0 atom stereocenters. The van der Waals surface area contributed by atoms with E-state index in [4.69, 9.17) is 19.7 Å². The van der Waals surface area contributed by atoms with Gasteiger partial charge in [0.2, 0.25) is 31.8 Å². The molecule has 18 nitrogen and oxygen atoms in total. The van der Waals surface area contributed by atoms with Gasteiger partial charge in [-0.05, 0) is 24.3 Å². The fourth-order valence-corrected chi connectivity index (χ4v) is 9.59. The minimum atomic E-state index is -5.35. The molecule has 0 fully saturated rings. The topological polar surface area (TPSA) is 227 Å². The van der Waals surface area contributed by atoms with Crippen LogP contribution in [-0.2, 0) is 44.9 Å². The fraction of sp³-hybridized carbons (Fsp3) is 0.292. The van der Waals surface area contributed by atoms with Gasteiger partial charge >= 0.3 is 0 Å². The van der Waals surface area contributed by atoms with Gasteiger partial charge < -0.3 is 9.47 Å². The number of rotatable bonds is 12. The summed E-state index contributed by atoms with van der Waals surface area (Å²) in [6, 6.07) is 9.86. The van der Waals surface area contributed by atoms with Crippen molar-refractivity contribution in [2.75, 3.05) is 53.8 Å². The van der Waals surface area contributed by atoms with Crippen LogP contribution in [0.1, 0.15) is 0 Å². The van der Waals surface area contributed by atoms with Crippen molar-refractivity contribution in [3.8, 4) is 11.8 Å². The van der Waals surface area contributed by atoms with Crippen LogP contribution in [0.4, 0.5) is 5.95 Å². The second-order valence-corrected chi connectivity index (χ2v) is 16.9. The lowest BCUT2D eigenvalue weighted by Crippen LogP contribution is -2.50. The molecule has 0 spiro atoms. The van der Waals surface area contributed by atoms with E-state index in [-0.39, 0.29) is 20.5 Å². The Hall–Kier alpha value is -3.93. The van der Waals surface area contributed by atoms with Crippen LogP contribution < -0.4 is 13.8 Å². The van der Waals surface area contributed by atoms with E-state index in [1.54, 1.807) is 0 Å². The predicted octanol–water partition coefficient (Wildman–Crippen LogP) is 0.377. The predicted molar refractivity (Wildman–Crippen MR) is 163 cm³/mol. The fourth-order valence-electron chi connectivity index (χ4n) is 3.71. The third kappa shape index (κ3) is 6.63. The van der Waals surface area contributed by atoms with E-state index in [0.29, 0.717) is 0 Å². The van der Waals surface area contributed by atoms with Crippen molar-refractivity contribution in [2.45, 2.75) is 19.6 Å². The zero-order chi connectivity index (χ0) is 34.8. The SMILES string of the molecule is COc1cc(OC)nc(N(C(=N)N(OC)S(=O)(=O)c2ccccc2S(=O)(=O)N(C)C)S(=O)(=O)c2ccccc2S(=O)(=O)N(C)C)n1. The third-order valence-electron chi connectivity index (χ3n) is 6.03. The first-order valence-electron chi connectivity index (χ1n) is 12.5. The van der Waals surface area contributed by atoms with Crippen molar-refractivity contribution in [1.82, 2.24) is 23.0 Å². The van der Waals surface area contributed by atoms with Gasteiger partial charge in [0.15, 0.2) is 0 Å². The summed E-state index contributed by atoms with van der Waals surface area (Å²) in [5.74, 6) is -3.03. The molecule has 3 rings (SSSR count). The first-order chi connectivity index (χ1) is 21.3. The Kier molecular flexibility index (Phi) is 10.7. The van der Waals surface area contributed by atoms with Gasteiger partial charge in [-0.3, -0.25) is 10.2 Å². The lowest BCUT2D eigenvalue weighted by Gasteiger charge is -2.30. The van der Waals surface area contributed by atoms with Crippen LogP contribution in [0.3, 0.4) is 0 Å². The van der Waals surface area contributed by atoms with Gasteiger partial charge in [-0.1, -0.05) is 24.3 Å². The summed E-state index contributed by atoms with van der Waals surface area (Å²) in [5, 5.41) is 8.91. The quantitative estimate of drug-likeness (QED) is 0.152. The van der Waals surface area contributed by atoms with Crippen LogP contribution in [0.25, 0.3) is 0 Å². The van der Waals surface area contributed by atoms with Crippen molar-refractivity contribution < 1.29 is 48.0 Å². The molecule has 22 heteroatoms. The third-order valence-corrected chi connectivity index (χ3v) is 13.4. The van der Waals surface area contributed by atoms with E-state index in [1.807, 2.05) is 0 Å². The Morgan fingerprint density at radius 1 is 0.609 bits per heavy atom. The molecule has 2 aromatic carbocycles. The van der Waals surface area contributed by atoms with Gasteiger partial charge in [0.05, 0.1) is 27.4 Å². The molecule has 0 radical (unpaired) electrons. The average Bonchev–Trinajstić information content (AvgIpc) is 3.00. The molecule has 0 aliphatic heterocycles. The molecular formula is C24H31N7O11S4. The molecule has 0 unspecified atom stereocenters. The molecule has 252 valence electrons. The van der Waals surface area contributed by atoms with Crippen LogP contribution in [0.5, 0.6) is 11.8 Å². The number of nitrogens with one attached hydrogen (secondary N) is 1. The smallest absolute Gasteiger partial charge is 0.290 e. The Morgan fingerprint density at radius 3 is 1.28 bits per heavy atom. The number of aromatic nitrogens is 2. The maximum absolute atomic E-state index is 14.4. The highest BCUT2D eigenvalue weighted by atomic mass is 32.2. The number of hydrogen-bond acceptors (Lipinski definition) is 14. The summed E-state index contributed by atoms with van der Waals surface area (Å²) in [5.41, 5.74) is 0. The molecule has 46 heavy (non-hydrogen) atoms. The first-order valence-corrected chi connectivity index (χ1v) is 18.3. The summed E-state index contributed by atoms with van der Waals surface area (Å²) < 4.78 is 121. The zero-order valence-electron chi connectivity index (χ0n) is 25.5. The maximum Gasteiger partial charge on any atom is 0.290 e. The average molecular weight is 722 g/mol. The van der Waals surface area contributed by atoms with Crippen LogP contribution >= 0.6 is 0 Å². The maximum atomic E-state index is 14.4. The van der Waals surface area contributed by atoms with Crippen LogP contribution in [-0.4, -0.2) is 112 Å². The molecule has 0 aliphatic carbocycles. The summed E-state index contributed by atoms with van der Waals surface area (Å²) in [4.78, 5) is 9.66. The highest BCUT2D eigenvalue weighted by Gasteiger charge is 2.43. The highest BCUT2D eigenvalue weighted by Crippen LogP contribution is 2.33. The molecule has 0 aliphatic rings. The molecule has 0 bridgehead atoms. The standard InChI is InChI=1S/C24H31N7O11S4/c1-28(2)43(32,33)17-12-8-10-14-19(17)45(36,37)30(24-26-21(40-5)16-22(27-24)41-6)23(25)31(42-7)46(38,39)20-15-11-9-13-18(20)44(34,35)29(3)4/h8-16,25H,1-7H3. The zero-order valence-corrected chi connectivity index (χ0v) is 28.8. The van der Waals surface area contributed by atoms with Crippen molar-refractivity contribution >= 4 is 52.0 Å². The van der Waals surface area contributed by atoms with E-state index in [9.17, 15) is 33.7 Å². The van der Waals surface area contributed by atoms with Gasteiger partial charge in [-0.25, -0.2) is 33.9 Å². The molecule has 1 heterocycles. The number of hydroxylamine groups is 1. The molecule has 1 aromatic heterocycles. The Balaban J connectivity index is 2.42. The van der Waals surface area contributed by atoms with E-state index in [0.717, 1.165) is 74.2 Å². The molecule has 1 N–H and O–H groups in total. The summed E-state index contributed by atoms with van der Waals surface area (Å²) in [6.07, 6.45) is 0.